The molecule has 5 rings (SSSR count). The highest BCUT2D eigenvalue weighted by Crippen LogP contribution is 2.24. The second kappa shape index (κ2) is 7.95. The van der Waals surface area contributed by atoms with Gasteiger partial charge in [0.15, 0.2) is 0 Å². The summed E-state index contributed by atoms with van der Waals surface area (Å²) in [5, 5.41) is 5.43. The summed E-state index contributed by atoms with van der Waals surface area (Å²) in [6.45, 7) is 3.04. The summed E-state index contributed by atoms with van der Waals surface area (Å²) in [4.78, 5) is 32.3. The lowest BCUT2D eigenvalue weighted by Gasteiger charge is -2.33. The molecule has 1 fully saturated rings. The molecule has 0 bridgehead atoms. The van der Waals surface area contributed by atoms with Gasteiger partial charge < -0.3 is 19.5 Å². The van der Waals surface area contributed by atoms with E-state index in [0.29, 0.717) is 25.4 Å². The molecule has 2 aliphatic rings. The Kier molecular flexibility index (Phi) is 5.00. The molecule has 8 nitrogen and oxygen atoms in total. The summed E-state index contributed by atoms with van der Waals surface area (Å²) in [7, 11) is 0. The standard InChI is InChI=1S/C22H25N5O3/c28-21(25-9-3-4-10-25)15-30-14-18-13-26(12-17-7-8-23-27(17)18)22(29)20-11-16-5-1-2-6-19(16)24-20/h1-2,5-8,11,18,24H,3-4,9-10,12-15H2/t18-/m0/s1. The van der Waals surface area contributed by atoms with Gasteiger partial charge in [-0.15, -0.1) is 0 Å². The molecule has 1 N–H and O–H groups in total. The molecule has 1 saturated heterocycles. The Morgan fingerprint density at radius 3 is 2.80 bits per heavy atom. The third kappa shape index (κ3) is 3.59. The summed E-state index contributed by atoms with van der Waals surface area (Å²) in [6.07, 6.45) is 3.88. The molecule has 156 valence electrons. The molecule has 0 unspecified atom stereocenters. The van der Waals surface area contributed by atoms with E-state index < -0.39 is 0 Å². The molecular weight excluding hydrogens is 382 g/mol. The number of rotatable bonds is 5. The molecule has 30 heavy (non-hydrogen) atoms. The van der Waals surface area contributed by atoms with Crippen LogP contribution < -0.4 is 0 Å². The number of amides is 2. The third-order valence-corrected chi connectivity index (χ3v) is 5.92. The van der Waals surface area contributed by atoms with E-state index in [4.69, 9.17) is 4.74 Å². The van der Waals surface area contributed by atoms with Crippen LogP contribution >= 0.6 is 0 Å². The fourth-order valence-corrected chi connectivity index (χ4v) is 4.36. The highest BCUT2D eigenvalue weighted by atomic mass is 16.5. The summed E-state index contributed by atoms with van der Waals surface area (Å²) in [6, 6.07) is 11.6. The normalized spacial score (nSPS) is 18.7. The van der Waals surface area contributed by atoms with Gasteiger partial charge in [0, 0.05) is 36.7 Å². The fourth-order valence-electron chi connectivity index (χ4n) is 4.36. The molecule has 2 amide bonds. The minimum absolute atomic E-state index is 0.0370. The molecule has 8 heteroatoms. The van der Waals surface area contributed by atoms with Crippen LogP contribution in [0.2, 0.25) is 0 Å². The van der Waals surface area contributed by atoms with Gasteiger partial charge in [-0.3, -0.25) is 14.3 Å². The maximum Gasteiger partial charge on any atom is 0.270 e. The molecule has 1 aromatic carbocycles. The first-order valence-electron chi connectivity index (χ1n) is 10.4. The van der Waals surface area contributed by atoms with Crippen LogP contribution in [0.25, 0.3) is 10.9 Å². The smallest absolute Gasteiger partial charge is 0.270 e. The first kappa shape index (κ1) is 18.9. The minimum Gasteiger partial charge on any atom is -0.369 e. The van der Waals surface area contributed by atoms with Crippen molar-refractivity contribution in [1.82, 2.24) is 24.6 Å². The molecule has 0 spiro atoms. The third-order valence-electron chi connectivity index (χ3n) is 5.92. The summed E-state index contributed by atoms with van der Waals surface area (Å²) >= 11 is 0. The van der Waals surface area contributed by atoms with Crippen LogP contribution in [0, 0.1) is 0 Å². The highest BCUT2D eigenvalue weighted by molar-refractivity contribution is 5.98. The van der Waals surface area contributed by atoms with Crippen molar-refractivity contribution < 1.29 is 14.3 Å². The van der Waals surface area contributed by atoms with Crippen LogP contribution in [0.4, 0.5) is 0 Å². The lowest BCUT2D eigenvalue weighted by atomic mass is 10.2. The van der Waals surface area contributed by atoms with E-state index in [1.165, 1.54) is 0 Å². The van der Waals surface area contributed by atoms with Gasteiger partial charge in [0.05, 0.1) is 24.9 Å². The van der Waals surface area contributed by atoms with Crippen molar-refractivity contribution >= 4 is 22.7 Å². The molecular formula is C22H25N5O3. The number of aromatic amines is 1. The van der Waals surface area contributed by atoms with Gasteiger partial charge in [0.25, 0.3) is 5.91 Å². The molecule has 0 aliphatic carbocycles. The number of nitrogens with zero attached hydrogens (tertiary/aromatic N) is 4. The number of carbonyl (C=O) groups excluding carboxylic acids is 2. The number of benzene rings is 1. The maximum absolute atomic E-state index is 13.2. The second-order valence-corrected chi connectivity index (χ2v) is 7.98. The number of hydrogen-bond donors (Lipinski definition) is 1. The Hall–Kier alpha value is -3.13. The van der Waals surface area contributed by atoms with Gasteiger partial charge >= 0.3 is 0 Å². The first-order chi connectivity index (χ1) is 14.7. The van der Waals surface area contributed by atoms with Crippen molar-refractivity contribution in [2.45, 2.75) is 25.4 Å². The van der Waals surface area contributed by atoms with Crippen molar-refractivity contribution in [1.29, 1.82) is 0 Å². The van der Waals surface area contributed by atoms with Gasteiger partial charge in [-0.25, -0.2) is 0 Å². The van der Waals surface area contributed by atoms with Gasteiger partial charge in [-0.2, -0.15) is 5.10 Å². The van der Waals surface area contributed by atoms with E-state index in [9.17, 15) is 9.59 Å². The van der Waals surface area contributed by atoms with E-state index in [-0.39, 0.29) is 24.5 Å². The Morgan fingerprint density at radius 2 is 1.97 bits per heavy atom. The predicted molar refractivity (Wildman–Crippen MR) is 111 cm³/mol. The Labute approximate surface area is 174 Å². The van der Waals surface area contributed by atoms with Crippen LogP contribution in [-0.2, 0) is 16.1 Å². The number of nitrogens with one attached hydrogen (secondary N) is 1. The van der Waals surface area contributed by atoms with Gasteiger partial charge in [-0.1, -0.05) is 18.2 Å². The molecule has 2 aromatic heterocycles. The second-order valence-electron chi connectivity index (χ2n) is 7.98. The summed E-state index contributed by atoms with van der Waals surface area (Å²) in [5.74, 6) is -0.00759. The lowest BCUT2D eigenvalue weighted by molar-refractivity contribution is -0.135. The van der Waals surface area contributed by atoms with E-state index in [2.05, 4.69) is 10.1 Å². The topological polar surface area (TPSA) is 83.5 Å². The molecule has 1 atom stereocenters. The molecule has 0 saturated carbocycles. The number of hydrogen-bond acceptors (Lipinski definition) is 4. The van der Waals surface area contributed by atoms with E-state index in [0.717, 1.165) is 42.5 Å². The fraction of sp³-hybridized carbons (Fsp3) is 0.409. The monoisotopic (exact) mass is 407 g/mol. The zero-order valence-corrected chi connectivity index (χ0v) is 16.8. The average Bonchev–Trinajstić information content (AvgIpc) is 3.52. The van der Waals surface area contributed by atoms with Gasteiger partial charge in [0.2, 0.25) is 5.91 Å². The average molecular weight is 407 g/mol. The number of ether oxygens (including phenoxy) is 1. The SMILES string of the molecule is O=C(COC[C@@H]1CN(C(=O)c2cc3ccccc3[nH]2)Cc2ccnn21)N1CCCC1. The Balaban J connectivity index is 1.27. The number of aromatic nitrogens is 3. The van der Waals surface area contributed by atoms with Crippen molar-refractivity contribution in [3.8, 4) is 0 Å². The Bertz CT molecular complexity index is 1030. The lowest BCUT2D eigenvalue weighted by Crippen LogP contribution is -2.43. The Morgan fingerprint density at radius 1 is 1.13 bits per heavy atom. The van der Waals surface area contributed by atoms with Crippen LogP contribution in [0.15, 0.2) is 42.6 Å². The van der Waals surface area contributed by atoms with Crippen LogP contribution in [0.3, 0.4) is 0 Å². The summed E-state index contributed by atoms with van der Waals surface area (Å²) in [5.41, 5.74) is 2.49. The number of H-pyrrole nitrogens is 1. The van der Waals surface area contributed by atoms with Crippen molar-refractivity contribution in [2.75, 3.05) is 32.8 Å². The largest absolute Gasteiger partial charge is 0.369 e. The number of carbonyl (C=O) groups is 2. The van der Waals surface area contributed by atoms with Crippen molar-refractivity contribution in [3.63, 3.8) is 0 Å². The zero-order chi connectivity index (χ0) is 20.5. The van der Waals surface area contributed by atoms with Crippen molar-refractivity contribution in [3.05, 3.63) is 54.0 Å². The molecule has 4 heterocycles. The van der Waals surface area contributed by atoms with Crippen LogP contribution in [0.5, 0.6) is 0 Å². The first-order valence-corrected chi connectivity index (χ1v) is 10.4. The molecule has 0 radical (unpaired) electrons. The van der Waals surface area contributed by atoms with Crippen LogP contribution in [-0.4, -0.2) is 69.2 Å². The zero-order valence-electron chi connectivity index (χ0n) is 16.8. The van der Waals surface area contributed by atoms with E-state index >= 15 is 0 Å². The van der Waals surface area contributed by atoms with E-state index in [1.807, 2.05) is 50.9 Å². The van der Waals surface area contributed by atoms with Crippen molar-refractivity contribution in [2.24, 2.45) is 0 Å². The predicted octanol–water partition coefficient (Wildman–Crippen LogP) is 2.20. The molecule has 2 aliphatic heterocycles. The number of fused-ring (bicyclic) bond motifs is 2. The number of para-hydroxylation sites is 1. The van der Waals surface area contributed by atoms with Gasteiger partial charge in [0.1, 0.15) is 12.3 Å². The van der Waals surface area contributed by atoms with Crippen LogP contribution in [0.1, 0.15) is 35.1 Å². The molecule has 3 aromatic rings. The van der Waals surface area contributed by atoms with E-state index in [1.54, 1.807) is 6.20 Å². The summed E-state index contributed by atoms with van der Waals surface area (Å²) < 4.78 is 7.67. The highest BCUT2D eigenvalue weighted by Gasteiger charge is 2.30. The van der Waals surface area contributed by atoms with Gasteiger partial charge in [-0.05, 0) is 31.0 Å². The quantitative estimate of drug-likeness (QED) is 0.703. The minimum atomic E-state index is -0.122. The maximum atomic E-state index is 13.2. The number of likely N-dealkylation sites (tertiary alicyclic amines) is 1.